The smallest absolute Gasteiger partial charge is 0.122 e. The van der Waals surface area contributed by atoms with Gasteiger partial charge in [0.15, 0.2) is 0 Å². The molecule has 37 heavy (non-hydrogen) atoms. The van der Waals surface area contributed by atoms with E-state index in [4.69, 9.17) is 9.47 Å². The van der Waals surface area contributed by atoms with Crippen LogP contribution in [0.3, 0.4) is 0 Å². The number of ether oxygens (including phenoxy) is 2. The molecule has 5 heteroatoms. The second-order valence-electron chi connectivity index (χ2n) is 12.8. The maximum atomic E-state index is 11.9. The first-order chi connectivity index (χ1) is 17.4. The van der Waals surface area contributed by atoms with Crippen LogP contribution in [0, 0.1) is 17.3 Å². The first kappa shape index (κ1) is 27.9. The standard InChI is InChI=1S/C32H48N2O3/c1-31(2)28(24-19-22(15-17-34(6)7)11-13-27(24)37-9)30-29(31)25(20-32(30,3)35)23-18-21(14-16-33(4)5)10-12-26(23)36-8/h10-13,18-19,25,28-30,35H,14-17,20H2,1-9H3/t25?,28?,29?,30?,32-/m1/s1. The summed E-state index contributed by atoms with van der Waals surface area (Å²) >= 11 is 0. The van der Waals surface area contributed by atoms with E-state index < -0.39 is 5.60 Å². The van der Waals surface area contributed by atoms with Gasteiger partial charge in [0.1, 0.15) is 11.5 Å². The van der Waals surface area contributed by atoms with Crippen molar-refractivity contribution < 1.29 is 14.6 Å². The van der Waals surface area contributed by atoms with E-state index in [1.54, 1.807) is 14.2 Å². The van der Waals surface area contributed by atoms with Crippen LogP contribution in [0.15, 0.2) is 36.4 Å². The van der Waals surface area contributed by atoms with Crippen LogP contribution in [0.25, 0.3) is 0 Å². The second kappa shape index (κ2) is 10.6. The van der Waals surface area contributed by atoms with Gasteiger partial charge in [-0.3, -0.25) is 0 Å². The summed E-state index contributed by atoms with van der Waals surface area (Å²) in [6.07, 6.45) is 2.75. The first-order valence-corrected chi connectivity index (χ1v) is 13.8. The molecule has 2 aromatic rings. The summed E-state index contributed by atoms with van der Waals surface area (Å²) in [7, 11) is 12.0. The number of hydrogen-bond donors (Lipinski definition) is 1. The van der Waals surface area contributed by atoms with E-state index in [9.17, 15) is 5.11 Å². The van der Waals surface area contributed by atoms with E-state index in [-0.39, 0.29) is 23.2 Å². The predicted octanol–water partition coefficient (Wildman–Crippen LogP) is 5.21. The summed E-state index contributed by atoms with van der Waals surface area (Å²) in [5.41, 5.74) is 4.41. The molecular weight excluding hydrogens is 460 g/mol. The van der Waals surface area contributed by atoms with Gasteiger partial charge >= 0.3 is 0 Å². The molecule has 4 unspecified atom stereocenters. The van der Waals surface area contributed by atoms with E-state index in [1.807, 2.05) is 0 Å². The highest BCUT2D eigenvalue weighted by atomic mass is 16.5. The monoisotopic (exact) mass is 508 g/mol. The van der Waals surface area contributed by atoms with Crippen molar-refractivity contribution in [2.24, 2.45) is 17.3 Å². The number of rotatable bonds is 10. The van der Waals surface area contributed by atoms with Crippen molar-refractivity contribution in [2.45, 2.75) is 57.5 Å². The molecule has 0 heterocycles. The van der Waals surface area contributed by atoms with E-state index in [0.29, 0.717) is 5.92 Å². The summed E-state index contributed by atoms with van der Waals surface area (Å²) in [5, 5.41) is 11.9. The Morgan fingerprint density at radius 3 is 1.76 bits per heavy atom. The number of aliphatic hydroxyl groups is 1. The van der Waals surface area contributed by atoms with Crippen molar-refractivity contribution in [3.05, 3.63) is 58.7 Å². The highest BCUT2D eigenvalue weighted by Crippen LogP contribution is 2.74. The highest BCUT2D eigenvalue weighted by molar-refractivity contribution is 5.48. The minimum absolute atomic E-state index is 0.00786. The van der Waals surface area contributed by atoms with Gasteiger partial charge in [-0.25, -0.2) is 0 Å². The summed E-state index contributed by atoms with van der Waals surface area (Å²) in [4.78, 5) is 4.44. The fourth-order valence-electron chi connectivity index (χ4n) is 7.46. The second-order valence-corrected chi connectivity index (χ2v) is 12.8. The molecule has 5 nitrogen and oxygen atoms in total. The zero-order chi connectivity index (χ0) is 27.1. The number of hydrogen-bond acceptors (Lipinski definition) is 5. The SMILES string of the molecule is COc1ccc(CCN(C)C)cc1C1C[C@@](C)(O)C2C(c3cc(CCN(C)C)ccc3OC)C(C)(C)C12. The van der Waals surface area contributed by atoms with Gasteiger partial charge in [-0.1, -0.05) is 38.1 Å². The molecule has 0 bridgehead atoms. The van der Waals surface area contributed by atoms with Gasteiger partial charge in [0.2, 0.25) is 0 Å². The molecule has 4 rings (SSSR count). The minimum Gasteiger partial charge on any atom is -0.496 e. The van der Waals surface area contributed by atoms with E-state index in [0.717, 1.165) is 43.9 Å². The van der Waals surface area contributed by atoms with Crippen LogP contribution in [0.5, 0.6) is 11.5 Å². The van der Waals surface area contributed by atoms with Gasteiger partial charge in [0.05, 0.1) is 19.8 Å². The van der Waals surface area contributed by atoms with Gasteiger partial charge in [0, 0.05) is 13.1 Å². The molecule has 2 aliphatic carbocycles. The lowest BCUT2D eigenvalue weighted by atomic mass is 9.44. The summed E-state index contributed by atoms with van der Waals surface area (Å²) in [5.74, 6) is 2.89. The van der Waals surface area contributed by atoms with Gasteiger partial charge < -0.3 is 24.4 Å². The van der Waals surface area contributed by atoms with Crippen LogP contribution < -0.4 is 9.47 Å². The molecule has 1 N–H and O–H groups in total. The maximum Gasteiger partial charge on any atom is 0.122 e. The molecule has 0 aromatic heterocycles. The lowest BCUT2D eigenvalue weighted by molar-refractivity contribution is -0.117. The molecular formula is C32H48N2O3. The topological polar surface area (TPSA) is 45.2 Å². The Balaban J connectivity index is 1.71. The Hall–Kier alpha value is -2.08. The van der Waals surface area contributed by atoms with Crippen molar-refractivity contribution in [1.82, 2.24) is 9.80 Å². The molecule has 0 radical (unpaired) electrons. The Bertz CT molecular complexity index is 1090. The molecule has 0 saturated heterocycles. The molecule has 0 amide bonds. The lowest BCUT2D eigenvalue weighted by Crippen LogP contribution is -2.56. The van der Waals surface area contributed by atoms with Crippen molar-refractivity contribution >= 4 is 0 Å². The zero-order valence-electron chi connectivity index (χ0n) is 24.5. The summed E-state index contributed by atoms with van der Waals surface area (Å²) < 4.78 is 11.8. The molecule has 0 aliphatic heterocycles. The van der Waals surface area contributed by atoms with E-state index >= 15 is 0 Å². The van der Waals surface area contributed by atoms with Crippen LogP contribution in [0.4, 0.5) is 0 Å². The summed E-state index contributed by atoms with van der Waals surface area (Å²) in [6.45, 7) is 8.86. The molecule has 0 spiro atoms. The highest BCUT2D eigenvalue weighted by Gasteiger charge is 2.69. The Morgan fingerprint density at radius 1 is 0.784 bits per heavy atom. The van der Waals surface area contributed by atoms with E-state index in [2.05, 4.69) is 95.2 Å². The lowest BCUT2D eigenvalue weighted by Gasteiger charge is -2.60. The predicted molar refractivity (Wildman–Crippen MR) is 152 cm³/mol. The first-order valence-electron chi connectivity index (χ1n) is 13.8. The minimum atomic E-state index is -0.759. The third-order valence-corrected chi connectivity index (χ3v) is 9.21. The number of likely N-dealkylation sites (N-methyl/N-ethyl adjacent to an activating group) is 2. The zero-order valence-corrected chi connectivity index (χ0v) is 24.5. The molecule has 5 atom stereocenters. The number of nitrogens with zero attached hydrogens (tertiary/aromatic N) is 2. The average Bonchev–Trinajstić information content (AvgIpc) is 3.10. The Morgan fingerprint density at radius 2 is 1.27 bits per heavy atom. The van der Waals surface area contributed by atoms with Gasteiger partial charge in [0.25, 0.3) is 0 Å². The maximum absolute atomic E-state index is 11.9. The van der Waals surface area contributed by atoms with Crippen LogP contribution in [0.1, 0.15) is 61.3 Å². The average molecular weight is 509 g/mol. The molecule has 2 saturated carbocycles. The van der Waals surface area contributed by atoms with Crippen LogP contribution in [-0.2, 0) is 12.8 Å². The molecule has 2 aliphatic rings. The van der Waals surface area contributed by atoms with Gasteiger partial charge in [-0.15, -0.1) is 0 Å². The van der Waals surface area contributed by atoms with E-state index in [1.165, 1.54) is 22.3 Å². The third kappa shape index (κ3) is 5.28. The fourth-order valence-corrected chi connectivity index (χ4v) is 7.46. The fraction of sp³-hybridized carbons (Fsp3) is 0.625. The molecule has 2 fully saturated rings. The van der Waals surface area contributed by atoms with Crippen molar-refractivity contribution in [1.29, 1.82) is 0 Å². The normalized spacial score (nSPS) is 28.3. The van der Waals surface area contributed by atoms with Crippen LogP contribution >= 0.6 is 0 Å². The van der Waals surface area contributed by atoms with Gasteiger partial charge in [-0.05, 0) is 118 Å². The van der Waals surface area contributed by atoms with Crippen molar-refractivity contribution in [3.8, 4) is 11.5 Å². The quantitative estimate of drug-likeness (QED) is 0.478. The molecule has 2 aromatic carbocycles. The third-order valence-electron chi connectivity index (χ3n) is 9.21. The van der Waals surface area contributed by atoms with Crippen LogP contribution in [0.2, 0.25) is 0 Å². The van der Waals surface area contributed by atoms with Crippen molar-refractivity contribution in [3.63, 3.8) is 0 Å². The summed E-state index contributed by atoms with van der Waals surface area (Å²) in [6, 6.07) is 13.3. The van der Waals surface area contributed by atoms with Crippen molar-refractivity contribution in [2.75, 3.05) is 55.5 Å². The number of methoxy groups -OCH3 is 2. The van der Waals surface area contributed by atoms with Crippen LogP contribution in [-0.4, -0.2) is 76.0 Å². The Labute approximate surface area is 224 Å². The van der Waals surface area contributed by atoms with Gasteiger partial charge in [-0.2, -0.15) is 0 Å². The Kier molecular flexibility index (Phi) is 8.00. The largest absolute Gasteiger partial charge is 0.496 e. The molecule has 204 valence electrons. The number of benzene rings is 2. The number of fused-ring (bicyclic) bond motifs is 1.